The van der Waals surface area contributed by atoms with Gasteiger partial charge in [-0.1, -0.05) is 11.8 Å². The number of aromatic nitrogens is 2. The van der Waals surface area contributed by atoms with Gasteiger partial charge >= 0.3 is 6.09 Å². The second-order valence-corrected chi connectivity index (χ2v) is 9.28. The molecule has 0 aliphatic rings. The monoisotopic (exact) mass is 521 g/mol. The molecule has 3 N–H and O–H groups in total. The van der Waals surface area contributed by atoms with Crippen molar-refractivity contribution in [3.05, 3.63) is 41.6 Å². The van der Waals surface area contributed by atoms with Crippen molar-refractivity contribution >= 4 is 29.5 Å². The number of methoxy groups -OCH3 is 1. The number of ether oxygens (including phenoxy) is 2. The predicted octanol–water partition coefficient (Wildman–Crippen LogP) is 3.26. The van der Waals surface area contributed by atoms with Crippen LogP contribution in [0.25, 0.3) is 0 Å². The summed E-state index contributed by atoms with van der Waals surface area (Å²) in [5.41, 5.74) is 1.34. The van der Waals surface area contributed by atoms with E-state index >= 15 is 0 Å². The Morgan fingerprint density at radius 3 is 2.55 bits per heavy atom. The van der Waals surface area contributed by atoms with Crippen molar-refractivity contribution in [3.63, 3.8) is 0 Å². The first-order valence-electron chi connectivity index (χ1n) is 12.2. The molecule has 11 heteroatoms. The molecule has 0 bridgehead atoms. The van der Waals surface area contributed by atoms with Gasteiger partial charge in [-0.25, -0.2) is 9.78 Å². The van der Waals surface area contributed by atoms with Crippen LogP contribution in [0.1, 0.15) is 44.7 Å². The molecule has 1 aromatic heterocycles. The zero-order valence-corrected chi connectivity index (χ0v) is 22.6. The highest BCUT2D eigenvalue weighted by molar-refractivity contribution is 5.82. The lowest BCUT2D eigenvalue weighted by molar-refractivity contribution is -0.122. The Kier molecular flexibility index (Phi) is 11.8. The summed E-state index contributed by atoms with van der Waals surface area (Å²) in [5, 5.41) is 18.1. The van der Waals surface area contributed by atoms with E-state index in [9.17, 15) is 9.59 Å². The molecule has 11 nitrogen and oxygen atoms in total. The number of amides is 2. The maximum absolute atomic E-state index is 12.1. The SMILES string of the molecule is COCCNc1nc(Nc2ccc(C#N)cc2)ncc1C#CCCCNC(=O)CN(C)C(=O)OC(C)(C)C. The zero-order valence-electron chi connectivity index (χ0n) is 22.6. The van der Waals surface area contributed by atoms with Gasteiger partial charge in [-0.15, -0.1) is 0 Å². The van der Waals surface area contributed by atoms with Gasteiger partial charge in [0, 0.05) is 39.4 Å². The number of nitrogens with zero attached hydrogens (tertiary/aromatic N) is 4. The molecule has 0 saturated heterocycles. The van der Waals surface area contributed by atoms with Crippen molar-refractivity contribution in [2.45, 2.75) is 39.2 Å². The minimum Gasteiger partial charge on any atom is -0.444 e. The van der Waals surface area contributed by atoms with E-state index in [0.29, 0.717) is 55.4 Å². The summed E-state index contributed by atoms with van der Waals surface area (Å²) in [7, 11) is 3.14. The van der Waals surface area contributed by atoms with Crippen LogP contribution in [0, 0.1) is 23.2 Å². The van der Waals surface area contributed by atoms with Crippen LogP contribution in [-0.4, -0.2) is 72.9 Å². The number of hydrogen-bond donors (Lipinski definition) is 3. The highest BCUT2D eigenvalue weighted by Gasteiger charge is 2.20. The first kappa shape index (κ1) is 29.9. The van der Waals surface area contributed by atoms with E-state index in [1.165, 1.54) is 11.9 Å². The first-order valence-corrected chi connectivity index (χ1v) is 12.2. The Morgan fingerprint density at radius 1 is 1.16 bits per heavy atom. The van der Waals surface area contributed by atoms with Crippen molar-refractivity contribution in [2.24, 2.45) is 0 Å². The second-order valence-electron chi connectivity index (χ2n) is 9.28. The summed E-state index contributed by atoms with van der Waals surface area (Å²) >= 11 is 0. The largest absolute Gasteiger partial charge is 0.444 e. The average molecular weight is 522 g/mol. The van der Waals surface area contributed by atoms with E-state index in [1.807, 2.05) is 0 Å². The van der Waals surface area contributed by atoms with E-state index in [4.69, 9.17) is 14.7 Å². The molecular weight excluding hydrogens is 486 g/mol. The quantitative estimate of drug-likeness (QED) is 0.300. The molecule has 0 saturated carbocycles. The molecule has 38 heavy (non-hydrogen) atoms. The van der Waals surface area contributed by atoms with Crippen molar-refractivity contribution in [1.29, 1.82) is 5.26 Å². The molecule has 1 aromatic carbocycles. The average Bonchev–Trinajstić information content (AvgIpc) is 2.86. The van der Waals surface area contributed by atoms with E-state index in [1.54, 1.807) is 58.3 Å². The Hall–Kier alpha value is -4.35. The molecule has 2 rings (SSSR count). The van der Waals surface area contributed by atoms with E-state index in [2.05, 4.69) is 43.8 Å². The summed E-state index contributed by atoms with van der Waals surface area (Å²) in [6.07, 6.45) is 2.27. The smallest absolute Gasteiger partial charge is 0.410 e. The minimum atomic E-state index is -0.619. The lowest BCUT2D eigenvalue weighted by Gasteiger charge is -2.24. The summed E-state index contributed by atoms with van der Waals surface area (Å²) < 4.78 is 10.3. The standard InChI is InChI=1S/C27H35N7O4/c1-27(2,3)38-26(36)34(4)19-23(35)29-14-8-6-7-9-21-18-31-25(33-24(21)30-15-16-37-5)32-22-12-10-20(17-28)11-13-22/h10-13,18H,6,8,14-16,19H2,1-5H3,(H,29,35)(H2,30,31,32,33). The number of likely N-dealkylation sites (N-methyl/N-ethyl adjacent to an activating group) is 1. The van der Waals surface area contributed by atoms with Gasteiger partial charge in [0.15, 0.2) is 0 Å². The van der Waals surface area contributed by atoms with E-state index in [-0.39, 0.29) is 12.5 Å². The number of hydrogen-bond acceptors (Lipinski definition) is 9. The van der Waals surface area contributed by atoms with Gasteiger partial charge in [-0.2, -0.15) is 10.2 Å². The van der Waals surface area contributed by atoms with Crippen LogP contribution in [0.4, 0.5) is 22.2 Å². The number of anilines is 3. The number of carbonyl (C=O) groups is 2. The Labute approximate surface area is 223 Å². The zero-order chi connectivity index (χ0) is 28.0. The van der Waals surface area contributed by atoms with Crippen LogP contribution in [0.3, 0.4) is 0 Å². The van der Waals surface area contributed by atoms with Crippen LogP contribution >= 0.6 is 0 Å². The highest BCUT2D eigenvalue weighted by Crippen LogP contribution is 2.17. The van der Waals surface area contributed by atoms with Gasteiger partial charge in [0.25, 0.3) is 0 Å². The fourth-order valence-corrected chi connectivity index (χ4v) is 2.93. The van der Waals surface area contributed by atoms with Crippen LogP contribution in [0.5, 0.6) is 0 Å². The number of carbonyl (C=O) groups excluding carboxylic acids is 2. The Bertz CT molecular complexity index is 1180. The van der Waals surface area contributed by atoms with Crippen molar-refractivity contribution in [3.8, 4) is 17.9 Å². The van der Waals surface area contributed by atoms with Crippen molar-refractivity contribution in [2.75, 3.05) is 51.0 Å². The van der Waals surface area contributed by atoms with Crippen LogP contribution in [0.2, 0.25) is 0 Å². The molecule has 0 spiro atoms. The van der Waals surface area contributed by atoms with Gasteiger partial charge in [0.2, 0.25) is 11.9 Å². The van der Waals surface area contributed by atoms with Gasteiger partial charge in [0.1, 0.15) is 18.0 Å². The first-order chi connectivity index (χ1) is 18.1. The molecule has 1 heterocycles. The molecule has 202 valence electrons. The van der Waals surface area contributed by atoms with E-state index < -0.39 is 11.7 Å². The summed E-state index contributed by atoms with van der Waals surface area (Å²) in [4.78, 5) is 34.2. The summed E-state index contributed by atoms with van der Waals surface area (Å²) in [6.45, 7) is 6.70. The maximum atomic E-state index is 12.1. The Morgan fingerprint density at radius 2 is 1.89 bits per heavy atom. The predicted molar refractivity (Wildman–Crippen MR) is 145 cm³/mol. The molecule has 0 fully saturated rings. The van der Waals surface area contributed by atoms with Gasteiger partial charge < -0.3 is 30.3 Å². The van der Waals surface area contributed by atoms with Crippen molar-refractivity contribution < 1.29 is 19.1 Å². The highest BCUT2D eigenvalue weighted by atomic mass is 16.6. The second kappa shape index (κ2) is 15.0. The van der Waals surface area contributed by atoms with E-state index in [0.717, 1.165) is 5.69 Å². The summed E-state index contributed by atoms with van der Waals surface area (Å²) in [6, 6.07) is 9.06. The van der Waals surface area contributed by atoms with Crippen molar-refractivity contribution in [1.82, 2.24) is 20.2 Å². The topological polar surface area (TPSA) is 142 Å². The maximum Gasteiger partial charge on any atom is 0.410 e. The number of nitrogens with one attached hydrogen (secondary N) is 3. The lowest BCUT2D eigenvalue weighted by atomic mass is 10.2. The fourth-order valence-electron chi connectivity index (χ4n) is 2.93. The van der Waals surface area contributed by atoms with Crippen LogP contribution in [0.15, 0.2) is 30.5 Å². The van der Waals surface area contributed by atoms with Gasteiger partial charge in [0.05, 0.1) is 30.0 Å². The van der Waals surface area contributed by atoms with Gasteiger partial charge in [-0.3, -0.25) is 4.79 Å². The third-order valence-corrected chi connectivity index (χ3v) is 4.77. The number of rotatable bonds is 11. The molecule has 0 atom stereocenters. The minimum absolute atomic E-state index is 0.0860. The summed E-state index contributed by atoms with van der Waals surface area (Å²) in [5.74, 6) is 6.85. The molecule has 0 unspecified atom stereocenters. The molecular formula is C27H35N7O4. The number of nitriles is 1. The number of unbranched alkanes of at least 4 members (excludes halogenated alkanes) is 1. The Balaban J connectivity index is 1.89. The third kappa shape index (κ3) is 11.1. The third-order valence-electron chi connectivity index (χ3n) is 4.77. The van der Waals surface area contributed by atoms with Gasteiger partial charge in [-0.05, 0) is 51.5 Å². The molecule has 2 aromatic rings. The molecule has 0 aliphatic carbocycles. The molecule has 0 aliphatic heterocycles. The molecule has 0 radical (unpaired) electrons. The number of benzene rings is 1. The normalized spacial score (nSPS) is 10.4. The molecule has 2 amide bonds. The lowest BCUT2D eigenvalue weighted by Crippen LogP contribution is -2.41. The van der Waals surface area contributed by atoms with Crippen LogP contribution < -0.4 is 16.0 Å². The fraction of sp³-hybridized carbons (Fsp3) is 0.444. The van der Waals surface area contributed by atoms with Crippen LogP contribution in [-0.2, 0) is 14.3 Å².